The molecule has 1 aromatic carbocycles. The number of carbonyl (C=O) groups excluding carboxylic acids is 1. The van der Waals surface area contributed by atoms with E-state index < -0.39 is 0 Å². The molecule has 1 rings (SSSR count). The molecule has 0 N–H and O–H groups in total. The average Bonchev–Trinajstić information content (AvgIpc) is 2.38. The van der Waals surface area contributed by atoms with Crippen LogP contribution in [-0.2, 0) is 0 Å². The largest absolute Gasteiger partial charge is 0.493 e. The van der Waals surface area contributed by atoms with E-state index in [9.17, 15) is 4.79 Å². The lowest BCUT2D eigenvalue weighted by molar-refractivity contribution is 0.102. The zero-order chi connectivity index (χ0) is 12.7. The molecule has 0 saturated heterocycles. The molecule has 0 saturated carbocycles. The van der Waals surface area contributed by atoms with Gasteiger partial charge >= 0.3 is 0 Å². The number of Topliss-reactive ketones (excluding diaryl/α,β-unsaturated/α-hetero) is 1. The molecule has 1 aromatic rings. The molecular formula is C15H20O2. The van der Waals surface area contributed by atoms with Crippen LogP contribution in [0.5, 0.6) is 5.75 Å². The van der Waals surface area contributed by atoms with E-state index in [1.165, 1.54) is 0 Å². The maximum atomic E-state index is 12.2. The van der Waals surface area contributed by atoms with Crippen LogP contribution in [0.1, 0.15) is 44.0 Å². The minimum absolute atomic E-state index is 0.0710. The Balaban J connectivity index is 3.00. The Morgan fingerprint density at radius 1 is 1.29 bits per heavy atom. The molecular weight excluding hydrogens is 212 g/mol. The van der Waals surface area contributed by atoms with Gasteiger partial charge in [0.1, 0.15) is 5.75 Å². The number of benzene rings is 1. The molecule has 2 heteroatoms. The third-order valence-corrected chi connectivity index (χ3v) is 2.61. The summed E-state index contributed by atoms with van der Waals surface area (Å²) in [5.74, 6) is 0.758. The normalized spacial score (nSPS) is 11.4. The minimum atomic E-state index is 0.0710. The lowest BCUT2D eigenvalue weighted by atomic mass is 10.0. The Morgan fingerprint density at radius 2 is 2.00 bits per heavy atom. The number of allylic oxidation sites excluding steroid dienone is 2. The standard InChI is InChI=1S/C15H20O2/c1-4-11-17-14-10-8-7-9-13(14)15(16)12(5-2)6-3/h5,7-10H,4,6,11H2,1-3H3/b12-5+. The topological polar surface area (TPSA) is 26.3 Å². The first-order chi connectivity index (χ1) is 8.24. The number of para-hydroxylation sites is 1. The van der Waals surface area contributed by atoms with Crippen molar-refractivity contribution in [2.75, 3.05) is 6.61 Å². The van der Waals surface area contributed by atoms with Crippen molar-refractivity contribution in [1.29, 1.82) is 0 Å². The Labute approximate surface area is 103 Å². The van der Waals surface area contributed by atoms with E-state index in [-0.39, 0.29) is 5.78 Å². The number of ether oxygens (including phenoxy) is 1. The molecule has 0 atom stereocenters. The quantitative estimate of drug-likeness (QED) is 0.547. The zero-order valence-electron chi connectivity index (χ0n) is 10.8. The maximum absolute atomic E-state index is 12.2. The summed E-state index contributed by atoms with van der Waals surface area (Å²) in [6.45, 7) is 6.57. The lowest BCUT2D eigenvalue weighted by Crippen LogP contribution is -2.06. The summed E-state index contributed by atoms with van der Waals surface area (Å²) in [4.78, 5) is 12.2. The summed E-state index contributed by atoms with van der Waals surface area (Å²) >= 11 is 0. The predicted molar refractivity (Wildman–Crippen MR) is 70.6 cm³/mol. The highest BCUT2D eigenvalue weighted by molar-refractivity contribution is 6.10. The van der Waals surface area contributed by atoms with E-state index in [1.807, 2.05) is 51.1 Å². The molecule has 0 aliphatic heterocycles. The van der Waals surface area contributed by atoms with Crippen molar-refractivity contribution in [3.05, 3.63) is 41.5 Å². The second kappa shape index (κ2) is 6.89. The van der Waals surface area contributed by atoms with Crippen molar-refractivity contribution >= 4 is 5.78 Å². The second-order valence-electron chi connectivity index (χ2n) is 3.84. The maximum Gasteiger partial charge on any atom is 0.192 e. The molecule has 0 aliphatic rings. The molecule has 0 unspecified atom stereocenters. The van der Waals surface area contributed by atoms with Crippen LogP contribution in [0.25, 0.3) is 0 Å². The van der Waals surface area contributed by atoms with Gasteiger partial charge in [0, 0.05) is 0 Å². The Kier molecular flexibility index (Phi) is 5.47. The second-order valence-corrected chi connectivity index (χ2v) is 3.84. The van der Waals surface area contributed by atoms with Crippen molar-refractivity contribution in [2.45, 2.75) is 33.6 Å². The van der Waals surface area contributed by atoms with Crippen LogP contribution in [0.15, 0.2) is 35.9 Å². The first-order valence-corrected chi connectivity index (χ1v) is 6.16. The van der Waals surface area contributed by atoms with E-state index >= 15 is 0 Å². The lowest BCUT2D eigenvalue weighted by Gasteiger charge is -2.10. The molecule has 17 heavy (non-hydrogen) atoms. The van der Waals surface area contributed by atoms with Gasteiger partial charge in [-0.1, -0.05) is 32.1 Å². The van der Waals surface area contributed by atoms with E-state index in [0.717, 1.165) is 18.4 Å². The van der Waals surface area contributed by atoms with Crippen LogP contribution in [0.2, 0.25) is 0 Å². The van der Waals surface area contributed by atoms with Crippen LogP contribution < -0.4 is 4.74 Å². The fraction of sp³-hybridized carbons (Fsp3) is 0.400. The van der Waals surface area contributed by atoms with Crippen LogP contribution in [0.4, 0.5) is 0 Å². The predicted octanol–water partition coefficient (Wildman–Crippen LogP) is 4.01. The van der Waals surface area contributed by atoms with E-state index in [0.29, 0.717) is 17.9 Å². The minimum Gasteiger partial charge on any atom is -0.493 e. The highest BCUT2D eigenvalue weighted by atomic mass is 16.5. The van der Waals surface area contributed by atoms with Crippen molar-refractivity contribution in [1.82, 2.24) is 0 Å². The van der Waals surface area contributed by atoms with Gasteiger partial charge in [0.25, 0.3) is 0 Å². The van der Waals surface area contributed by atoms with Crippen molar-refractivity contribution in [2.24, 2.45) is 0 Å². The summed E-state index contributed by atoms with van der Waals surface area (Å²) < 4.78 is 5.60. The van der Waals surface area contributed by atoms with E-state index in [1.54, 1.807) is 0 Å². The smallest absolute Gasteiger partial charge is 0.192 e. The van der Waals surface area contributed by atoms with Crippen LogP contribution in [-0.4, -0.2) is 12.4 Å². The Bertz CT molecular complexity index is 405. The molecule has 0 aromatic heterocycles. The average molecular weight is 232 g/mol. The van der Waals surface area contributed by atoms with Crippen LogP contribution >= 0.6 is 0 Å². The van der Waals surface area contributed by atoms with Gasteiger partial charge in [0.2, 0.25) is 0 Å². The molecule has 2 nitrogen and oxygen atoms in total. The Hall–Kier alpha value is -1.57. The molecule has 0 fully saturated rings. The van der Waals surface area contributed by atoms with Gasteiger partial charge in [-0.25, -0.2) is 0 Å². The molecule has 92 valence electrons. The molecule has 0 heterocycles. The molecule has 0 spiro atoms. The fourth-order valence-electron chi connectivity index (χ4n) is 1.66. The van der Waals surface area contributed by atoms with Crippen LogP contribution in [0.3, 0.4) is 0 Å². The highest BCUT2D eigenvalue weighted by Crippen LogP contribution is 2.22. The monoisotopic (exact) mass is 232 g/mol. The first-order valence-electron chi connectivity index (χ1n) is 6.16. The van der Waals surface area contributed by atoms with Crippen molar-refractivity contribution < 1.29 is 9.53 Å². The van der Waals surface area contributed by atoms with Crippen LogP contribution in [0, 0.1) is 0 Å². The van der Waals surface area contributed by atoms with Gasteiger partial charge in [-0.3, -0.25) is 4.79 Å². The van der Waals surface area contributed by atoms with Gasteiger partial charge < -0.3 is 4.74 Å². The molecule has 0 amide bonds. The summed E-state index contributed by atoms with van der Waals surface area (Å²) in [6.07, 6.45) is 3.56. The summed E-state index contributed by atoms with van der Waals surface area (Å²) in [6, 6.07) is 7.44. The Morgan fingerprint density at radius 3 is 2.59 bits per heavy atom. The third-order valence-electron chi connectivity index (χ3n) is 2.61. The highest BCUT2D eigenvalue weighted by Gasteiger charge is 2.14. The summed E-state index contributed by atoms with van der Waals surface area (Å²) in [5.41, 5.74) is 1.49. The van der Waals surface area contributed by atoms with Gasteiger partial charge in [0.15, 0.2) is 5.78 Å². The van der Waals surface area contributed by atoms with Crippen molar-refractivity contribution in [3.63, 3.8) is 0 Å². The van der Waals surface area contributed by atoms with Gasteiger partial charge in [-0.05, 0) is 37.5 Å². The first kappa shape index (κ1) is 13.5. The molecule has 0 radical (unpaired) electrons. The molecule has 0 bridgehead atoms. The van der Waals surface area contributed by atoms with Gasteiger partial charge in [-0.15, -0.1) is 0 Å². The third kappa shape index (κ3) is 3.45. The number of rotatable bonds is 6. The summed E-state index contributed by atoms with van der Waals surface area (Å²) in [7, 11) is 0. The van der Waals surface area contributed by atoms with E-state index in [4.69, 9.17) is 4.74 Å². The number of carbonyl (C=O) groups is 1. The van der Waals surface area contributed by atoms with Gasteiger partial charge in [-0.2, -0.15) is 0 Å². The summed E-state index contributed by atoms with van der Waals surface area (Å²) in [5, 5.41) is 0. The number of hydrogen-bond acceptors (Lipinski definition) is 2. The fourth-order valence-corrected chi connectivity index (χ4v) is 1.66. The SMILES string of the molecule is C/C=C(\CC)C(=O)c1ccccc1OCCC. The molecule has 0 aliphatic carbocycles. The number of ketones is 1. The van der Waals surface area contributed by atoms with Gasteiger partial charge in [0.05, 0.1) is 12.2 Å². The zero-order valence-corrected chi connectivity index (χ0v) is 10.8. The number of hydrogen-bond donors (Lipinski definition) is 0. The van der Waals surface area contributed by atoms with E-state index in [2.05, 4.69) is 0 Å². The van der Waals surface area contributed by atoms with Crippen molar-refractivity contribution in [3.8, 4) is 5.75 Å².